The van der Waals surface area contributed by atoms with Crippen LogP contribution in [0, 0.1) is 11.3 Å². The molecule has 0 radical (unpaired) electrons. The van der Waals surface area contributed by atoms with Crippen molar-refractivity contribution in [2.45, 2.75) is 19.4 Å². The van der Waals surface area contributed by atoms with Crippen LogP contribution in [-0.4, -0.2) is 13.2 Å². The predicted molar refractivity (Wildman–Crippen MR) is 57.7 cm³/mol. The second-order valence-electron chi connectivity index (χ2n) is 3.59. The van der Waals surface area contributed by atoms with Gasteiger partial charge in [0.2, 0.25) is 0 Å². The number of ether oxygens (including phenoxy) is 1. The molecule has 2 rings (SSSR count). The fourth-order valence-electron chi connectivity index (χ4n) is 1.83. The molecule has 1 aliphatic rings. The van der Waals surface area contributed by atoms with E-state index in [0.717, 1.165) is 30.9 Å². The van der Waals surface area contributed by atoms with Gasteiger partial charge < -0.3 is 4.74 Å². The van der Waals surface area contributed by atoms with Crippen molar-refractivity contribution in [1.29, 1.82) is 5.26 Å². The minimum Gasteiger partial charge on any atom is -0.493 e. The lowest BCUT2D eigenvalue weighted by molar-refractivity contribution is 0.357. The molecule has 1 aromatic rings. The number of hydrogen-bond donors (Lipinski definition) is 1. The van der Waals surface area contributed by atoms with Crippen LogP contribution >= 0.6 is 0 Å². The third-order valence-electron chi connectivity index (χ3n) is 2.58. The van der Waals surface area contributed by atoms with Crippen molar-refractivity contribution >= 4 is 0 Å². The van der Waals surface area contributed by atoms with Crippen LogP contribution in [0.3, 0.4) is 0 Å². The molecule has 1 N–H and O–H groups in total. The molecule has 1 atom stereocenters. The fraction of sp³-hybridized carbons (Fsp3) is 0.417. The van der Waals surface area contributed by atoms with E-state index in [0.29, 0.717) is 0 Å². The Kier molecular flexibility index (Phi) is 2.89. The average molecular weight is 202 g/mol. The summed E-state index contributed by atoms with van der Waals surface area (Å²) < 4.78 is 5.42. The minimum absolute atomic E-state index is 0.208. The van der Waals surface area contributed by atoms with E-state index >= 15 is 0 Å². The van der Waals surface area contributed by atoms with Crippen molar-refractivity contribution in [3.8, 4) is 11.8 Å². The van der Waals surface area contributed by atoms with Gasteiger partial charge >= 0.3 is 0 Å². The summed E-state index contributed by atoms with van der Waals surface area (Å²) >= 11 is 0. The highest BCUT2D eigenvalue weighted by Crippen LogP contribution is 2.27. The summed E-state index contributed by atoms with van der Waals surface area (Å²) in [7, 11) is 0. The minimum atomic E-state index is -0.208. The molecule has 1 unspecified atom stereocenters. The van der Waals surface area contributed by atoms with Gasteiger partial charge in [0.25, 0.3) is 0 Å². The summed E-state index contributed by atoms with van der Waals surface area (Å²) in [4.78, 5) is 0. The van der Waals surface area contributed by atoms with E-state index in [1.54, 1.807) is 0 Å². The molecule has 0 bridgehead atoms. The number of nitrogens with one attached hydrogen (secondary N) is 1. The Morgan fingerprint density at radius 2 is 2.47 bits per heavy atom. The first kappa shape index (κ1) is 10.0. The first-order valence-electron chi connectivity index (χ1n) is 5.23. The van der Waals surface area contributed by atoms with Crippen molar-refractivity contribution in [3.63, 3.8) is 0 Å². The van der Waals surface area contributed by atoms with Crippen LogP contribution in [0.15, 0.2) is 18.2 Å². The fourth-order valence-corrected chi connectivity index (χ4v) is 1.83. The van der Waals surface area contributed by atoms with Gasteiger partial charge in [-0.2, -0.15) is 5.26 Å². The van der Waals surface area contributed by atoms with E-state index in [9.17, 15) is 0 Å². The summed E-state index contributed by atoms with van der Waals surface area (Å²) in [5.74, 6) is 0.965. The molecule has 0 spiro atoms. The maximum absolute atomic E-state index is 9.02. The number of rotatable bonds is 3. The van der Waals surface area contributed by atoms with E-state index in [1.807, 2.05) is 19.1 Å². The van der Waals surface area contributed by atoms with Crippen LogP contribution in [0.25, 0.3) is 0 Å². The number of benzene rings is 1. The zero-order valence-corrected chi connectivity index (χ0v) is 8.79. The van der Waals surface area contributed by atoms with E-state index in [4.69, 9.17) is 10.00 Å². The van der Waals surface area contributed by atoms with E-state index < -0.39 is 0 Å². The predicted octanol–water partition coefficient (Wildman–Crippen LogP) is 1.80. The topological polar surface area (TPSA) is 45.0 Å². The van der Waals surface area contributed by atoms with Crippen LogP contribution in [0.5, 0.6) is 5.75 Å². The molecule has 15 heavy (non-hydrogen) atoms. The first-order valence-corrected chi connectivity index (χ1v) is 5.23. The van der Waals surface area contributed by atoms with Gasteiger partial charge in [-0.15, -0.1) is 0 Å². The molecule has 0 saturated heterocycles. The number of hydrogen-bond acceptors (Lipinski definition) is 3. The number of nitriles is 1. The van der Waals surface area contributed by atoms with Crippen LogP contribution < -0.4 is 10.1 Å². The summed E-state index contributed by atoms with van der Waals surface area (Å²) in [6, 6.07) is 8.04. The molecule has 78 valence electrons. The molecule has 1 aromatic carbocycles. The van der Waals surface area contributed by atoms with Crippen molar-refractivity contribution in [3.05, 3.63) is 29.3 Å². The molecule has 0 saturated carbocycles. The standard InChI is InChI=1S/C12H14N2O/c1-2-14-11(8-13)9-3-4-12-10(7-9)5-6-15-12/h3-4,7,11,14H,2,5-6H2,1H3. The summed E-state index contributed by atoms with van der Waals surface area (Å²) in [6.45, 7) is 3.56. The third kappa shape index (κ3) is 1.95. The summed E-state index contributed by atoms with van der Waals surface area (Å²) in [6.07, 6.45) is 0.952. The molecule has 0 aromatic heterocycles. The molecule has 0 fully saturated rings. The molecule has 3 nitrogen and oxygen atoms in total. The smallest absolute Gasteiger partial charge is 0.122 e. The Labute approximate surface area is 89.7 Å². The molecule has 3 heteroatoms. The highest BCUT2D eigenvalue weighted by Gasteiger charge is 2.15. The Bertz CT molecular complexity index is 395. The second-order valence-corrected chi connectivity index (χ2v) is 3.59. The first-order chi connectivity index (χ1) is 7.35. The molecular weight excluding hydrogens is 188 g/mol. The maximum Gasteiger partial charge on any atom is 0.122 e. The molecule has 0 aliphatic carbocycles. The van der Waals surface area contributed by atoms with Gasteiger partial charge in [-0.05, 0) is 29.8 Å². The van der Waals surface area contributed by atoms with E-state index in [-0.39, 0.29) is 6.04 Å². The Morgan fingerprint density at radius 3 is 3.20 bits per heavy atom. The second kappa shape index (κ2) is 4.33. The summed E-state index contributed by atoms with van der Waals surface area (Å²) in [5.41, 5.74) is 2.24. The lowest BCUT2D eigenvalue weighted by Gasteiger charge is -2.10. The highest BCUT2D eigenvalue weighted by molar-refractivity contribution is 5.41. The van der Waals surface area contributed by atoms with Crippen molar-refractivity contribution in [2.75, 3.05) is 13.2 Å². The van der Waals surface area contributed by atoms with Crippen molar-refractivity contribution in [2.24, 2.45) is 0 Å². The zero-order valence-electron chi connectivity index (χ0n) is 8.79. The van der Waals surface area contributed by atoms with E-state index in [2.05, 4.69) is 17.5 Å². The van der Waals surface area contributed by atoms with Crippen LogP contribution in [0.1, 0.15) is 24.1 Å². The highest BCUT2D eigenvalue weighted by atomic mass is 16.5. The third-order valence-corrected chi connectivity index (χ3v) is 2.58. The Hall–Kier alpha value is -1.53. The van der Waals surface area contributed by atoms with Gasteiger partial charge in [0.05, 0.1) is 12.7 Å². The maximum atomic E-state index is 9.02. The lowest BCUT2D eigenvalue weighted by Crippen LogP contribution is -2.19. The van der Waals surface area contributed by atoms with Crippen molar-refractivity contribution in [1.82, 2.24) is 5.32 Å². The molecular formula is C12H14N2O. The normalized spacial score (nSPS) is 15.2. The van der Waals surface area contributed by atoms with Gasteiger partial charge in [-0.3, -0.25) is 5.32 Å². The van der Waals surface area contributed by atoms with Crippen LogP contribution in [-0.2, 0) is 6.42 Å². The van der Waals surface area contributed by atoms with E-state index in [1.165, 1.54) is 5.56 Å². The quantitative estimate of drug-likeness (QED) is 0.812. The zero-order chi connectivity index (χ0) is 10.7. The monoisotopic (exact) mass is 202 g/mol. The summed E-state index contributed by atoms with van der Waals surface area (Å²) in [5, 5.41) is 12.2. The van der Waals surface area contributed by atoms with Gasteiger partial charge in [-0.25, -0.2) is 0 Å². The van der Waals surface area contributed by atoms with Gasteiger partial charge in [0, 0.05) is 6.42 Å². The molecule has 0 amide bonds. The molecule has 1 aliphatic heterocycles. The molecule has 1 heterocycles. The average Bonchev–Trinajstić information content (AvgIpc) is 2.72. The van der Waals surface area contributed by atoms with Crippen molar-refractivity contribution < 1.29 is 4.74 Å². The van der Waals surface area contributed by atoms with Gasteiger partial charge in [-0.1, -0.05) is 13.0 Å². The van der Waals surface area contributed by atoms with Gasteiger partial charge in [0.15, 0.2) is 0 Å². The van der Waals surface area contributed by atoms with Crippen LogP contribution in [0.2, 0.25) is 0 Å². The Morgan fingerprint density at radius 1 is 1.60 bits per heavy atom. The van der Waals surface area contributed by atoms with Crippen LogP contribution in [0.4, 0.5) is 0 Å². The number of fused-ring (bicyclic) bond motifs is 1. The SMILES string of the molecule is CCNC(C#N)c1ccc2c(c1)CCO2. The largest absolute Gasteiger partial charge is 0.493 e. The van der Waals surface area contributed by atoms with Gasteiger partial charge in [0.1, 0.15) is 11.8 Å². The Balaban J connectivity index is 2.25. The lowest BCUT2D eigenvalue weighted by atomic mass is 10.0. The number of nitrogens with zero attached hydrogens (tertiary/aromatic N) is 1.